The van der Waals surface area contributed by atoms with Crippen LogP contribution in [0.3, 0.4) is 0 Å². The number of likely N-dealkylation sites (tertiary alicyclic amines) is 1. The number of rotatable bonds is 5. The molecule has 0 spiro atoms. The zero-order valence-electron chi connectivity index (χ0n) is 13.6. The molecule has 23 heavy (non-hydrogen) atoms. The fraction of sp³-hybridized carbons (Fsp3) is 0.421. The van der Waals surface area contributed by atoms with E-state index in [4.69, 9.17) is 0 Å². The maximum absolute atomic E-state index is 12.6. The highest BCUT2D eigenvalue weighted by Gasteiger charge is 2.28. The van der Waals surface area contributed by atoms with Crippen LogP contribution in [0.15, 0.2) is 42.5 Å². The van der Waals surface area contributed by atoms with Gasteiger partial charge in [-0.3, -0.25) is 9.69 Å². The van der Waals surface area contributed by atoms with Crippen molar-refractivity contribution in [2.24, 2.45) is 0 Å². The standard InChI is InChI=1S/C19H24N2OS/c1-15-10-11-17(23-15)13-20-19(22)18-9-5-6-12-21(18)14-16-7-3-2-4-8-16/h2-4,7-8,10-11,18H,5-6,9,12-14H2,1H3,(H,20,22)/t18-/m1/s1. The Labute approximate surface area is 142 Å². The topological polar surface area (TPSA) is 32.3 Å². The van der Waals surface area contributed by atoms with Crippen molar-refractivity contribution >= 4 is 17.2 Å². The predicted molar refractivity (Wildman–Crippen MR) is 95.4 cm³/mol. The van der Waals surface area contributed by atoms with E-state index >= 15 is 0 Å². The van der Waals surface area contributed by atoms with Gasteiger partial charge in [0.15, 0.2) is 0 Å². The lowest BCUT2D eigenvalue weighted by Crippen LogP contribution is -2.48. The Bertz CT molecular complexity index is 638. The normalized spacial score (nSPS) is 18.7. The van der Waals surface area contributed by atoms with Gasteiger partial charge in [-0.25, -0.2) is 0 Å². The second-order valence-electron chi connectivity index (χ2n) is 6.20. The molecular weight excluding hydrogens is 304 g/mol. The molecule has 0 bridgehead atoms. The number of hydrogen-bond acceptors (Lipinski definition) is 3. The van der Waals surface area contributed by atoms with Crippen LogP contribution in [0.25, 0.3) is 0 Å². The van der Waals surface area contributed by atoms with Gasteiger partial charge in [-0.05, 0) is 44.0 Å². The summed E-state index contributed by atoms with van der Waals surface area (Å²) in [5.41, 5.74) is 1.28. The fourth-order valence-electron chi connectivity index (χ4n) is 3.17. The summed E-state index contributed by atoms with van der Waals surface area (Å²) >= 11 is 1.75. The van der Waals surface area contributed by atoms with E-state index in [1.807, 2.05) is 6.07 Å². The largest absolute Gasteiger partial charge is 0.350 e. The molecule has 1 amide bonds. The molecule has 122 valence electrons. The summed E-state index contributed by atoms with van der Waals surface area (Å²) in [6.07, 6.45) is 3.28. The van der Waals surface area contributed by atoms with Crippen molar-refractivity contribution in [3.8, 4) is 0 Å². The van der Waals surface area contributed by atoms with Crippen LogP contribution in [0.5, 0.6) is 0 Å². The van der Waals surface area contributed by atoms with Crippen LogP contribution in [-0.4, -0.2) is 23.4 Å². The second kappa shape index (κ2) is 7.75. The number of benzene rings is 1. The van der Waals surface area contributed by atoms with Crippen LogP contribution >= 0.6 is 11.3 Å². The summed E-state index contributed by atoms with van der Waals surface area (Å²) < 4.78 is 0. The van der Waals surface area contributed by atoms with Gasteiger partial charge in [0.2, 0.25) is 5.91 Å². The van der Waals surface area contributed by atoms with Crippen LogP contribution in [0.4, 0.5) is 0 Å². The van der Waals surface area contributed by atoms with Crippen molar-refractivity contribution in [3.63, 3.8) is 0 Å². The van der Waals surface area contributed by atoms with Gasteiger partial charge in [-0.1, -0.05) is 36.8 Å². The smallest absolute Gasteiger partial charge is 0.237 e. The van der Waals surface area contributed by atoms with Crippen LogP contribution < -0.4 is 5.32 Å². The van der Waals surface area contributed by atoms with Gasteiger partial charge in [-0.15, -0.1) is 11.3 Å². The molecule has 1 N–H and O–H groups in total. The molecule has 0 saturated carbocycles. The van der Waals surface area contributed by atoms with E-state index in [-0.39, 0.29) is 11.9 Å². The summed E-state index contributed by atoms with van der Waals surface area (Å²) in [6, 6.07) is 14.6. The molecule has 0 aliphatic carbocycles. The zero-order valence-corrected chi connectivity index (χ0v) is 14.4. The van der Waals surface area contributed by atoms with E-state index in [1.165, 1.54) is 21.7 Å². The fourth-order valence-corrected chi connectivity index (χ4v) is 4.00. The number of nitrogens with one attached hydrogen (secondary N) is 1. The van der Waals surface area contributed by atoms with E-state index in [9.17, 15) is 4.79 Å². The van der Waals surface area contributed by atoms with Crippen molar-refractivity contribution in [2.75, 3.05) is 6.54 Å². The Morgan fingerprint density at radius 2 is 2.04 bits per heavy atom. The van der Waals surface area contributed by atoms with Crippen molar-refractivity contribution < 1.29 is 4.79 Å². The molecule has 1 saturated heterocycles. The molecule has 1 aromatic heterocycles. The molecule has 1 atom stereocenters. The average Bonchev–Trinajstić information content (AvgIpc) is 3.00. The maximum atomic E-state index is 12.6. The SMILES string of the molecule is Cc1ccc(CNC(=O)[C@H]2CCCCN2Cc2ccccc2)s1. The zero-order chi connectivity index (χ0) is 16.1. The third-order valence-electron chi connectivity index (χ3n) is 4.38. The number of thiophene rings is 1. The van der Waals surface area contributed by atoms with Crippen LogP contribution in [-0.2, 0) is 17.9 Å². The van der Waals surface area contributed by atoms with Crippen molar-refractivity contribution in [1.82, 2.24) is 10.2 Å². The molecule has 4 heteroatoms. The Morgan fingerprint density at radius 1 is 1.22 bits per heavy atom. The highest BCUT2D eigenvalue weighted by atomic mass is 32.1. The number of hydrogen-bond donors (Lipinski definition) is 1. The first kappa shape index (κ1) is 16.2. The minimum Gasteiger partial charge on any atom is -0.350 e. The first-order valence-electron chi connectivity index (χ1n) is 8.33. The van der Waals surface area contributed by atoms with Gasteiger partial charge in [0.25, 0.3) is 0 Å². The summed E-state index contributed by atoms with van der Waals surface area (Å²) in [5.74, 6) is 0.173. The predicted octanol–water partition coefficient (Wildman–Crippen LogP) is 3.73. The lowest BCUT2D eigenvalue weighted by molar-refractivity contribution is -0.128. The highest BCUT2D eigenvalue weighted by molar-refractivity contribution is 7.11. The van der Waals surface area contributed by atoms with E-state index in [0.717, 1.165) is 25.9 Å². The van der Waals surface area contributed by atoms with Gasteiger partial charge in [0.1, 0.15) is 0 Å². The Balaban J connectivity index is 1.59. The lowest BCUT2D eigenvalue weighted by Gasteiger charge is -2.34. The molecule has 3 nitrogen and oxygen atoms in total. The van der Waals surface area contributed by atoms with Crippen molar-refractivity contribution in [2.45, 2.75) is 45.3 Å². The molecule has 0 radical (unpaired) electrons. The van der Waals surface area contributed by atoms with Gasteiger partial charge in [0.05, 0.1) is 12.6 Å². The molecule has 0 unspecified atom stereocenters. The quantitative estimate of drug-likeness (QED) is 0.907. The maximum Gasteiger partial charge on any atom is 0.237 e. The van der Waals surface area contributed by atoms with Crippen molar-refractivity contribution in [1.29, 1.82) is 0 Å². The minimum atomic E-state index is 0.00464. The van der Waals surface area contributed by atoms with E-state index < -0.39 is 0 Å². The summed E-state index contributed by atoms with van der Waals surface area (Å²) in [4.78, 5) is 17.5. The van der Waals surface area contributed by atoms with Crippen LogP contribution in [0.1, 0.15) is 34.6 Å². The molecule has 2 heterocycles. The van der Waals surface area contributed by atoms with Crippen molar-refractivity contribution in [3.05, 3.63) is 57.8 Å². The minimum absolute atomic E-state index is 0.00464. The lowest BCUT2D eigenvalue weighted by atomic mass is 10.0. The summed E-state index contributed by atoms with van der Waals surface area (Å²) in [5, 5.41) is 3.13. The van der Waals surface area contributed by atoms with Crippen LogP contribution in [0.2, 0.25) is 0 Å². The molecule has 1 aliphatic heterocycles. The van der Waals surface area contributed by atoms with Gasteiger partial charge in [-0.2, -0.15) is 0 Å². The Hall–Kier alpha value is -1.65. The van der Waals surface area contributed by atoms with E-state index in [0.29, 0.717) is 6.54 Å². The second-order valence-corrected chi connectivity index (χ2v) is 7.57. The molecule has 2 aromatic rings. The monoisotopic (exact) mass is 328 g/mol. The third kappa shape index (κ3) is 4.43. The van der Waals surface area contributed by atoms with E-state index in [2.05, 4.69) is 53.5 Å². The number of carbonyl (C=O) groups excluding carboxylic acids is 1. The first-order chi connectivity index (χ1) is 11.2. The third-order valence-corrected chi connectivity index (χ3v) is 5.38. The van der Waals surface area contributed by atoms with E-state index in [1.54, 1.807) is 11.3 Å². The molecular formula is C19H24N2OS. The molecule has 1 aromatic carbocycles. The van der Waals surface area contributed by atoms with Gasteiger partial charge in [0, 0.05) is 16.3 Å². The summed E-state index contributed by atoms with van der Waals surface area (Å²) in [6.45, 7) is 4.61. The number of aryl methyl sites for hydroxylation is 1. The number of piperidine rings is 1. The van der Waals surface area contributed by atoms with Crippen LogP contribution in [0, 0.1) is 6.92 Å². The Morgan fingerprint density at radius 3 is 2.78 bits per heavy atom. The number of amides is 1. The highest BCUT2D eigenvalue weighted by Crippen LogP contribution is 2.20. The van der Waals surface area contributed by atoms with Gasteiger partial charge < -0.3 is 5.32 Å². The summed E-state index contributed by atoms with van der Waals surface area (Å²) in [7, 11) is 0. The molecule has 3 rings (SSSR count). The average molecular weight is 328 g/mol. The Kier molecular flexibility index (Phi) is 5.47. The number of nitrogens with zero attached hydrogens (tertiary/aromatic N) is 1. The molecule has 1 fully saturated rings. The molecule has 1 aliphatic rings. The number of carbonyl (C=O) groups is 1. The van der Waals surface area contributed by atoms with Gasteiger partial charge >= 0.3 is 0 Å². The first-order valence-corrected chi connectivity index (χ1v) is 9.15.